The van der Waals surface area contributed by atoms with Crippen LogP contribution in [0.5, 0.6) is 0 Å². The molecule has 0 N–H and O–H groups in total. The molecule has 0 amide bonds. The molecule has 0 saturated heterocycles. The SMILES string of the molecule is C=CCN(c1cccc([N+](=O)[O-])c1)S(=O)(=O)c1ccc(C)c([N+](=O)[O-])c1. The molecule has 2 aromatic carbocycles. The number of rotatable bonds is 7. The lowest BCUT2D eigenvalue weighted by molar-refractivity contribution is -0.385. The van der Waals surface area contributed by atoms with Crippen molar-refractivity contribution in [3.8, 4) is 0 Å². The number of benzene rings is 2. The molecule has 0 atom stereocenters. The van der Waals surface area contributed by atoms with Crippen LogP contribution in [-0.4, -0.2) is 24.8 Å². The van der Waals surface area contributed by atoms with Crippen molar-refractivity contribution < 1.29 is 18.3 Å². The van der Waals surface area contributed by atoms with Crippen molar-refractivity contribution in [3.63, 3.8) is 0 Å². The summed E-state index contributed by atoms with van der Waals surface area (Å²) in [5.41, 5.74) is -0.229. The highest BCUT2D eigenvalue weighted by Gasteiger charge is 2.27. The van der Waals surface area contributed by atoms with Gasteiger partial charge >= 0.3 is 0 Å². The summed E-state index contributed by atoms with van der Waals surface area (Å²) in [6.45, 7) is 4.84. The molecule has 0 aliphatic heterocycles. The Balaban J connectivity index is 2.61. The van der Waals surface area contributed by atoms with Crippen LogP contribution in [0.4, 0.5) is 17.1 Å². The molecule has 2 aromatic rings. The summed E-state index contributed by atoms with van der Waals surface area (Å²) < 4.78 is 26.9. The van der Waals surface area contributed by atoms with Crippen LogP contribution in [0.15, 0.2) is 60.0 Å². The van der Waals surface area contributed by atoms with Crippen LogP contribution in [0.25, 0.3) is 0 Å². The lowest BCUT2D eigenvalue weighted by Crippen LogP contribution is -2.31. The molecule has 0 aromatic heterocycles. The normalized spacial score (nSPS) is 11.0. The predicted octanol–water partition coefficient (Wildman–Crippen LogP) is 3.19. The molecule has 0 radical (unpaired) electrons. The van der Waals surface area contributed by atoms with Crippen LogP contribution in [-0.2, 0) is 10.0 Å². The zero-order valence-electron chi connectivity index (χ0n) is 13.7. The van der Waals surface area contributed by atoms with E-state index in [4.69, 9.17) is 0 Å². The Kier molecular flexibility index (Phi) is 5.36. The third-order valence-corrected chi connectivity index (χ3v) is 5.38. The van der Waals surface area contributed by atoms with Crippen molar-refractivity contribution in [2.24, 2.45) is 0 Å². The summed E-state index contributed by atoms with van der Waals surface area (Å²) >= 11 is 0. The maximum Gasteiger partial charge on any atom is 0.273 e. The summed E-state index contributed by atoms with van der Waals surface area (Å²) in [5.74, 6) is 0. The maximum atomic E-state index is 13.0. The van der Waals surface area contributed by atoms with E-state index in [0.717, 1.165) is 16.4 Å². The molecule has 9 nitrogen and oxygen atoms in total. The van der Waals surface area contributed by atoms with Gasteiger partial charge in [0.05, 0.1) is 27.0 Å². The van der Waals surface area contributed by atoms with Gasteiger partial charge in [-0.25, -0.2) is 8.42 Å². The summed E-state index contributed by atoms with van der Waals surface area (Å²) in [5, 5.41) is 22.0. The minimum atomic E-state index is -4.20. The van der Waals surface area contributed by atoms with E-state index in [2.05, 4.69) is 6.58 Å². The van der Waals surface area contributed by atoms with Gasteiger partial charge in [0.1, 0.15) is 0 Å². The van der Waals surface area contributed by atoms with Crippen LogP contribution in [0.2, 0.25) is 0 Å². The molecule has 10 heteroatoms. The molecular formula is C16H15N3O6S. The Bertz CT molecular complexity index is 987. The first kappa shape index (κ1) is 19.1. The Labute approximate surface area is 149 Å². The van der Waals surface area contributed by atoms with E-state index in [0.29, 0.717) is 5.56 Å². The molecule has 136 valence electrons. The molecule has 0 aliphatic rings. The van der Waals surface area contributed by atoms with Gasteiger partial charge in [0, 0.05) is 23.8 Å². The number of anilines is 1. The second kappa shape index (κ2) is 7.31. The molecule has 0 aliphatic carbocycles. The van der Waals surface area contributed by atoms with Crippen LogP contribution >= 0.6 is 0 Å². The van der Waals surface area contributed by atoms with Crippen molar-refractivity contribution >= 4 is 27.1 Å². The summed E-state index contributed by atoms with van der Waals surface area (Å²) in [6.07, 6.45) is 1.32. The highest BCUT2D eigenvalue weighted by atomic mass is 32.2. The molecule has 26 heavy (non-hydrogen) atoms. The fraction of sp³-hybridized carbons (Fsp3) is 0.125. The van der Waals surface area contributed by atoms with E-state index in [1.807, 2.05) is 0 Å². The van der Waals surface area contributed by atoms with Gasteiger partial charge < -0.3 is 0 Å². The second-order valence-corrected chi connectivity index (χ2v) is 7.17. The standard InChI is InChI=1S/C16H15N3O6S/c1-3-9-17(13-5-4-6-14(10-13)18(20)21)26(24,25)15-8-7-12(2)16(11-15)19(22)23/h3-8,10-11H,1,9H2,2H3. The minimum Gasteiger partial charge on any atom is -0.262 e. The first-order valence-electron chi connectivity index (χ1n) is 7.31. The van der Waals surface area contributed by atoms with Gasteiger partial charge in [-0.2, -0.15) is 0 Å². The number of hydrogen-bond acceptors (Lipinski definition) is 6. The van der Waals surface area contributed by atoms with E-state index < -0.39 is 19.9 Å². The van der Waals surface area contributed by atoms with Crippen molar-refractivity contribution in [2.75, 3.05) is 10.8 Å². The molecule has 0 spiro atoms. The highest BCUT2D eigenvalue weighted by molar-refractivity contribution is 7.92. The lowest BCUT2D eigenvalue weighted by Gasteiger charge is -2.23. The van der Waals surface area contributed by atoms with Crippen molar-refractivity contribution in [2.45, 2.75) is 11.8 Å². The maximum absolute atomic E-state index is 13.0. The second-order valence-electron chi connectivity index (χ2n) is 5.31. The summed E-state index contributed by atoms with van der Waals surface area (Å²) in [4.78, 5) is 20.4. The largest absolute Gasteiger partial charge is 0.273 e. The van der Waals surface area contributed by atoms with E-state index in [1.165, 1.54) is 43.3 Å². The van der Waals surface area contributed by atoms with Crippen LogP contribution in [0.3, 0.4) is 0 Å². The summed E-state index contributed by atoms with van der Waals surface area (Å²) in [6, 6.07) is 8.67. The first-order valence-corrected chi connectivity index (χ1v) is 8.75. The Morgan fingerprint density at radius 2 is 1.81 bits per heavy atom. The number of nitro groups is 2. The van der Waals surface area contributed by atoms with E-state index in [-0.39, 0.29) is 28.5 Å². The van der Waals surface area contributed by atoms with Crippen LogP contribution in [0, 0.1) is 27.2 Å². The van der Waals surface area contributed by atoms with E-state index in [9.17, 15) is 28.6 Å². The van der Waals surface area contributed by atoms with Gasteiger partial charge in [0.25, 0.3) is 21.4 Å². The molecular weight excluding hydrogens is 362 g/mol. The number of nitro benzene ring substituents is 2. The number of sulfonamides is 1. The lowest BCUT2D eigenvalue weighted by atomic mass is 10.2. The number of nitrogens with zero attached hydrogens (tertiary/aromatic N) is 3. The number of hydrogen-bond donors (Lipinski definition) is 0. The fourth-order valence-corrected chi connectivity index (χ4v) is 3.74. The van der Waals surface area contributed by atoms with Gasteiger partial charge in [-0.15, -0.1) is 6.58 Å². The quantitative estimate of drug-likeness (QED) is 0.415. The van der Waals surface area contributed by atoms with Gasteiger partial charge in [0.15, 0.2) is 0 Å². The molecule has 2 rings (SSSR count). The van der Waals surface area contributed by atoms with Gasteiger partial charge in [0.2, 0.25) is 0 Å². The average molecular weight is 377 g/mol. The molecule has 0 saturated carbocycles. The minimum absolute atomic E-state index is 0.0577. The monoisotopic (exact) mass is 377 g/mol. The Hall–Kier alpha value is -3.27. The number of aryl methyl sites for hydroxylation is 1. The molecule has 0 unspecified atom stereocenters. The van der Waals surface area contributed by atoms with Crippen LogP contribution in [0.1, 0.15) is 5.56 Å². The van der Waals surface area contributed by atoms with E-state index >= 15 is 0 Å². The van der Waals surface area contributed by atoms with E-state index in [1.54, 1.807) is 0 Å². The smallest absolute Gasteiger partial charge is 0.262 e. The zero-order chi connectivity index (χ0) is 19.5. The third-order valence-electron chi connectivity index (χ3n) is 3.59. The summed E-state index contributed by atoms with van der Waals surface area (Å²) in [7, 11) is -4.20. The predicted molar refractivity (Wildman–Crippen MR) is 95.7 cm³/mol. The van der Waals surface area contributed by atoms with Crippen molar-refractivity contribution in [3.05, 3.63) is 80.9 Å². The first-order chi connectivity index (χ1) is 12.2. The van der Waals surface area contributed by atoms with Gasteiger partial charge in [-0.3, -0.25) is 24.5 Å². The molecule has 0 bridgehead atoms. The van der Waals surface area contributed by atoms with Gasteiger partial charge in [-0.1, -0.05) is 18.2 Å². The third kappa shape index (κ3) is 3.70. The molecule has 0 fully saturated rings. The van der Waals surface area contributed by atoms with Crippen molar-refractivity contribution in [1.82, 2.24) is 0 Å². The fourth-order valence-electron chi connectivity index (χ4n) is 2.29. The molecule has 0 heterocycles. The highest BCUT2D eigenvalue weighted by Crippen LogP contribution is 2.29. The Morgan fingerprint density at radius 1 is 1.12 bits per heavy atom. The zero-order valence-corrected chi connectivity index (χ0v) is 14.5. The Morgan fingerprint density at radius 3 is 2.38 bits per heavy atom. The average Bonchev–Trinajstić information content (AvgIpc) is 2.59. The van der Waals surface area contributed by atoms with Crippen molar-refractivity contribution in [1.29, 1.82) is 0 Å². The number of non-ortho nitro benzene ring substituents is 1. The van der Waals surface area contributed by atoms with Gasteiger partial charge in [-0.05, 0) is 19.1 Å². The van der Waals surface area contributed by atoms with Crippen LogP contribution < -0.4 is 4.31 Å². The topological polar surface area (TPSA) is 124 Å².